The Hall–Kier alpha value is -7.30. The third-order valence-electron chi connectivity index (χ3n) is 11.3. The molecule has 0 radical (unpaired) electrons. The molecular formula is C47H57N9O8. The zero-order valence-corrected chi connectivity index (χ0v) is 35.6. The molecule has 1 aliphatic rings. The highest BCUT2D eigenvalue weighted by molar-refractivity contribution is 5.98. The first-order chi connectivity index (χ1) is 30.7. The van der Waals surface area contributed by atoms with E-state index in [4.69, 9.17) is 16.9 Å². The van der Waals surface area contributed by atoms with E-state index < -0.39 is 78.0 Å². The first-order valence-electron chi connectivity index (χ1n) is 21.4. The van der Waals surface area contributed by atoms with Gasteiger partial charge in [0.2, 0.25) is 35.4 Å². The summed E-state index contributed by atoms with van der Waals surface area (Å²) in [6, 6.07) is 28.2. The number of benzene rings is 4. The minimum absolute atomic E-state index is 0.00552. The van der Waals surface area contributed by atoms with Gasteiger partial charge in [-0.25, -0.2) is 0 Å². The standard InChI is InChI=1S/C47H57N9O8/c48-39(57)29-52-42(61)37(28-31-17-18-33-14-7-8-15-35(33)26-31)54-43(62)36(16-9-25-51-46(49)50)53-44(63)38(27-30-10-3-1-4-11-30)55-45(64)47(56-40(58)19-20-41(59)60)23-21-34(22-24-47)32-12-5-2-6-13-32/h1-8,10-15,17-18,26,34,36-38H,9,16,19-25,27-29H2,(H2,48,57)(H,52,61)(H,53,63)(H,54,62)(H,55,64)(H,56,58)(H,59,60)(H4,49,50,51)/t34-,36-,37-,38+,47+/m0/s1. The summed E-state index contributed by atoms with van der Waals surface area (Å²) in [5, 5.41) is 35.1. The number of amides is 6. The number of rotatable bonds is 22. The molecule has 1 saturated carbocycles. The topological polar surface area (TPSA) is 288 Å². The molecule has 3 atom stereocenters. The Balaban J connectivity index is 1.41. The van der Waals surface area contributed by atoms with Crippen LogP contribution in [0.4, 0.5) is 0 Å². The van der Waals surface area contributed by atoms with Crippen LogP contribution in [0.25, 0.3) is 10.8 Å². The van der Waals surface area contributed by atoms with Crippen molar-refractivity contribution in [2.24, 2.45) is 11.5 Å². The molecule has 17 nitrogen and oxygen atoms in total. The number of nitrogens with two attached hydrogens (primary N) is 2. The molecule has 17 heteroatoms. The lowest BCUT2D eigenvalue weighted by Gasteiger charge is -2.40. The van der Waals surface area contributed by atoms with E-state index in [1.165, 1.54) is 0 Å². The van der Waals surface area contributed by atoms with Crippen LogP contribution in [0.3, 0.4) is 0 Å². The van der Waals surface area contributed by atoms with Crippen molar-refractivity contribution in [2.75, 3.05) is 13.1 Å². The molecule has 4 aromatic rings. The van der Waals surface area contributed by atoms with Crippen molar-refractivity contribution < 1.29 is 38.7 Å². The summed E-state index contributed by atoms with van der Waals surface area (Å²) < 4.78 is 0. The molecule has 64 heavy (non-hydrogen) atoms. The van der Waals surface area contributed by atoms with Gasteiger partial charge in [-0.3, -0.25) is 39.0 Å². The fourth-order valence-electron chi connectivity index (χ4n) is 7.93. The molecule has 12 N–H and O–H groups in total. The van der Waals surface area contributed by atoms with Crippen LogP contribution in [0.15, 0.2) is 103 Å². The summed E-state index contributed by atoms with van der Waals surface area (Å²) in [7, 11) is 0. The second kappa shape index (κ2) is 23.2. The maximum absolute atomic E-state index is 14.6. The summed E-state index contributed by atoms with van der Waals surface area (Å²) in [6.45, 7) is -0.304. The van der Waals surface area contributed by atoms with E-state index >= 15 is 0 Å². The molecule has 1 fully saturated rings. The lowest BCUT2D eigenvalue weighted by Crippen LogP contribution is -2.64. The van der Waals surface area contributed by atoms with Crippen LogP contribution in [0, 0.1) is 5.41 Å². The fraction of sp³-hybridized carbons (Fsp3) is 0.362. The Morgan fingerprint density at radius 1 is 0.672 bits per heavy atom. The first-order valence-corrected chi connectivity index (χ1v) is 21.4. The van der Waals surface area contributed by atoms with Crippen LogP contribution in [0.1, 0.15) is 74.0 Å². The molecule has 0 unspecified atom stereocenters. The Morgan fingerprint density at radius 2 is 1.27 bits per heavy atom. The quantitative estimate of drug-likeness (QED) is 0.0312. The van der Waals surface area contributed by atoms with Gasteiger partial charge in [0.05, 0.1) is 13.0 Å². The summed E-state index contributed by atoms with van der Waals surface area (Å²) in [5.74, 6) is -5.54. The van der Waals surface area contributed by atoms with Crippen LogP contribution in [0.5, 0.6) is 0 Å². The molecule has 0 aromatic heterocycles. The van der Waals surface area contributed by atoms with Crippen molar-refractivity contribution >= 4 is 58.1 Å². The number of fused-ring (bicyclic) bond motifs is 1. The number of hydrogen-bond acceptors (Lipinski definition) is 8. The van der Waals surface area contributed by atoms with Crippen molar-refractivity contribution in [3.8, 4) is 0 Å². The zero-order valence-electron chi connectivity index (χ0n) is 35.6. The van der Waals surface area contributed by atoms with Gasteiger partial charge in [0.1, 0.15) is 23.7 Å². The van der Waals surface area contributed by atoms with E-state index in [-0.39, 0.29) is 63.4 Å². The average Bonchev–Trinajstić information content (AvgIpc) is 3.28. The highest BCUT2D eigenvalue weighted by atomic mass is 16.4. The van der Waals surface area contributed by atoms with Gasteiger partial charge in [-0.05, 0) is 71.9 Å². The van der Waals surface area contributed by atoms with Gasteiger partial charge < -0.3 is 48.5 Å². The highest BCUT2D eigenvalue weighted by Crippen LogP contribution is 2.38. The predicted molar refractivity (Wildman–Crippen MR) is 240 cm³/mol. The number of aliphatic carboxylic acids is 1. The minimum atomic E-state index is -1.47. The SMILES string of the molecule is N=C(N)NCCC[C@H](NC(=O)[C@@H](Cc1ccccc1)NC(=O)[C@]1(NC(=O)CCC(=O)O)CC[C@@H](c2ccccc2)CC1)C(=O)N[C@@H](Cc1ccc2ccccc2c1)C(=O)NCC(N)=O. The third-order valence-corrected chi connectivity index (χ3v) is 11.3. The molecule has 0 spiro atoms. The maximum atomic E-state index is 14.6. The first kappa shape index (κ1) is 47.7. The van der Waals surface area contributed by atoms with E-state index in [9.17, 15) is 38.7 Å². The molecule has 0 aliphatic heterocycles. The monoisotopic (exact) mass is 875 g/mol. The van der Waals surface area contributed by atoms with Crippen molar-refractivity contribution in [1.29, 1.82) is 5.41 Å². The molecule has 4 aromatic carbocycles. The Kier molecular flexibility index (Phi) is 17.3. The number of carbonyl (C=O) groups is 7. The van der Waals surface area contributed by atoms with Crippen molar-refractivity contribution in [2.45, 2.75) is 93.8 Å². The number of guanidine groups is 1. The molecule has 5 rings (SSSR count). The van der Waals surface area contributed by atoms with Gasteiger partial charge in [0, 0.05) is 25.8 Å². The second-order valence-corrected chi connectivity index (χ2v) is 16.1. The largest absolute Gasteiger partial charge is 0.481 e. The van der Waals surface area contributed by atoms with E-state index in [2.05, 4.69) is 31.9 Å². The molecule has 338 valence electrons. The minimum Gasteiger partial charge on any atom is -0.481 e. The third kappa shape index (κ3) is 14.4. The number of hydrogen-bond donors (Lipinski definition) is 10. The number of carboxylic acid groups (broad SMARTS) is 1. The number of carbonyl (C=O) groups excluding carboxylic acids is 6. The number of primary amides is 1. The van der Waals surface area contributed by atoms with Crippen molar-refractivity contribution in [3.63, 3.8) is 0 Å². The lowest BCUT2D eigenvalue weighted by molar-refractivity contribution is -0.140. The predicted octanol–water partition coefficient (Wildman–Crippen LogP) is 2.02. The van der Waals surface area contributed by atoms with Crippen LogP contribution in [0.2, 0.25) is 0 Å². The number of nitrogens with one attached hydrogen (secondary N) is 7. The Morgan fingerprint density at radius 3 is 1.92 bits per heavy atom. The zero-order chi connectivity index (χ0) is 46.1. The molecule has 0 bridgehead atoms. The van der Waals surface area contributed by atoms with Gasteiger partial charge in [-0.2, -0.15) is 0 Å². The summed E-state index contributed by atoms with van der Waals surface area (Å²) in [6.07, 6.45) is 0.953. The van der Waals surface area contributed by atoms with Crippen LogP contribution < -0.4 is 43.4 Å². The molecule has 0 heterocycles. The van der Waals surface area contributed by atoms with E-state index in [0.29, 0.717) is 24.0 Å². The summed E-state index contributed by atoms with van der Waals surface area (Å²) in [5.41, 5.74) is 11.8. The molecule has 6 amide bonds. The summed E-state index contributed by atoms with van der Waals surface area (Å²) in [4.78, 5) is 93.1. The molecule has 0 saturated heterocycles. The van der Waals surface area contributed by atoms with E-state index in [1.807, 2.05) is 72.8 Å². The Bertz CT molecular complexity index is 2280. The second-order valence-electron chi connectivity index (χ2n) is 16.1. The van der Waals surface area contributed by atoms with Gasteiger partial charge >= 0.3 is 5.97 Å². The molecular weight excluding hydrogens is 819 g/mol. The van der Waals surface area contributed by atoms with E-state index in [0.717, 1.165) is 16.3 Å². The van der Waals surface area contributed by atoms with Gasteiger partial charge in [0.15, 0.2) is 5.96 Å². The average molecular weight is 876 g/mol. The number of carboxylic acids is 1. The van der Waals surface area contributed by atoms with Gasteiger partial charge in [0.25, 0.3) is 0 Å². The normalized spacial score (nSPS) is 17.1. The van der Waals surface area contributed by atoms with Gasteiger partial charge in [-0.1, -0.05) is 103 Å². The van der Waals surface area contributed by atoms with E-state index in [1.54, 1.807) is 30.3 Å². The maximum Gasteiger partial charge on any atom is 0.303 e. The smallest absolute Gasteiger partial charge is 0.303 e. The lowest BCUT2D eigenvalue weighted by atomic mass is 9.73. The highest BCUT2D eigenvalue weighted by Gasteiger charge is 2.45. The summed E-state index contributed by atoms with van der Waals surface area (Å²) >= 11 is 0. The molecule has 1 aliphatic carbocycles. The van der Waals surface area contributed by atoms with Crippen molar-refractivity contribution in [3.05, 3.63) is 120 Å². The van der Waals surface area contributed by atoms with Crippen LogP contribution in [-0.2, 0) is 46.4 Å². The van der Waals surface area contributed by atoms with Crippen LogP contribution >= 0.6 is 0 Å². The Labute approximate surface area is 371 Å². The van der Waals surface area contributed by atoms with Gasteiger partial charge in [-0.15, -0.1) is 0 Å². The fourth-order valence-corrected chi connectivity index (χ4v) is 7.93. The van der Waals surface area contributed by atoms with Crippen LogP contribution in [-0.4, -0.2) is 89.2 Å². The van der Waals surface area contributed by atoms with Crippen molar-refractivity contribution in [1.82, 2.24) is 31.9 Å².